The molecule has 0 radical (unpaired) electrons. The number of amidine groups is 1. The van der Waals surface area contributed by atoms with Crippen LogP contribution >= 0.6 is 12.4 Å². The molecule has 2 bridgehead atoms. The van der Waals surface area contributed by atoms with Gasteiger partial charge in [-0.2, -0.15) is 0 Å². The van der Waals surface area contributed by atoms with Gasteiger partial charge in [0.25, 0.3) is 0 Å². The Morgan fingerprint density at radius 1 is 1.08 bits per heavy atom. The summed E-state index contributed by atoms with van der Waals surface area (Å²) in [4.78, 5) is 25.0. The predicted molar refractivity (Wildman–Crippen MR) is 144 cm³/mol. The monoisotopic (exact) mass is 525 g/mol. The number of nitrogen functional groups attached to an aromatic ring is 1. The van der Waals surface area contributed by atoms with E-state index in [2.05, 4.69) is 12.2 Å². The molecule has 2 aromatic carbocycles. The summed E-state index contributed by atoms with van der Waals surface area (Å²) in [7, 11) is 0. The fourth-order valence-corrected chi connectivity index (χ4v) is 6.54. The number of hydrogen-bond acceptors (Lipinski definition) is 5. The van der Waals surface area contributed by atoms with Crippen molar-refractivity contribution < 1.29 is 19.4 Å². The number of hydrogen-bond donors (Lipinski definition) is 4. The molecule has 5 rings (SSSR count). The Labute approximate surface area is 224 Å². The number of nitrogens with one attached hydrogen (secondary N) is 2. The number of esters is 1. The molecule has 1 aliphatic heterocycles. The Morgan fingerprint density at radius 3 is 2.30 bits per heavy atom. The van der Waals surface area contributed by atoms with Gasteiger partial charge in [0.15, 0.2) is 0 Å². The number of fused-ring (bicyclic) bond motifs is 2. The summed E-state index contributed by atoms with van der Waals surface area (Å²) in [6.07, 6.45) is 3.40. The maximum atomic E-state index is 12.5. The predicted octanol–water partition coefficient (Wildman–Crippen LogP) is 4.21. The normalized spacial score (nSPS) is 28.9. The molecule has 3 aliphatic rings. The molecule has 2 aliphatic carbocycles. The van der Waals surface area contributed by atoms with Gasteiger partial charge in [-0.1, -0.05) is 55.5 Å². The fraction of sp³-hybridized carbons (Fsp3) is 0.483. The van der Waals surface area contributed by atoms with Crippen molar-refractivity contribution in [3.05, 3.63) is 59.7 Å². The van der Waals surface area contributed by atoms with Crippen LogP contribution in [0.3, 0.4) is 0 Å². The van der Waals surface area contributed by atoms with Crippen molar-refractivity contribution >= 4 is 30.1 Å². The first-order valence-corrected chi connectivity index (χ1v) is 13.0. The standard InChI is InChI=1S/C29H35N3O4.ClH/c1-16-21-10-11-22(12-21)24(16)15-36-26(33)14-23-13-25(32-29(23)35)27(34)19-6-2-17(3-7-19)18-4-8-20(9-5-18)28(30)31;/h2-9,16,21-25,27,34H,10-15H2,1H3,(H3,30,31)(H,32,35);1H/t16?,21?,22?,23-,24?,25-,27?;/m0./s1. The van der Waals surface area contributed by atoms with Crippen LogP contribution in [-0.4, -0.2) is 35.5 Å². The molecule has 0 aromatic heterocycles. The van der Waals surface area contributed by atoms with Gasteiger partial charge in [-0.3, -0.25) is 15.0 Å². The van der Waals surface area contributed by atoms with Crippen LogP contribution in [0.25, 0.3) is 11.1 Å². The van der Waals surface area contributed by atoms with Crippen molar-refractivity contribution in [2.24, 2.45) is 35.3 Å². The van der Waals surface area contributed by atoms with E-state index in [0.717, 1.165) is 17.0 Å². The number of rotatable bonds is 8. The average Bonchev–Trinajstić information content (AvgIpc) is 3.58. The van der Waals surface area contributed by atoms with Gasteiger partial charge in [-0.15, -0.1) is 12.4 Å². The molecule has 198 valence electrons. The van der Waals surface area contributed by atoms with Crippen molar-refractivity contribution in [3.63, 3.8) is 0 Å². The van der Waals surface area contributed by atoms with Gasteiger partial charge in [-0.05, 0) is 66.0 Å². The third kappa shape index (κ3) is 5.68. The van der Waals surface area contributed by atoms with Crippen LogP contribution in [-0.2, 0) is 14.3 Å². The van der Waals surface area contributed by atoms with Crippen molar-refractivity contribution in [2.45, 2.75) is 51.2 Å². The first kappa shape index (κ1) is 27.1. The number of ether oxygens (including phenoxy) is 1. The molecule has 5 N–H and O–H groups in total. The zero-order chi connectivity index (χ0) is 25.4. The quantitative estimate of drug-likeness (QED) is 0.233. The van der Waals surface area contributed by atoms with Crippen LogP contribution in [0.2, 0.25) is 0 Å². The van der Waals surface area contributed by atoms with E-state index in [0.29, 0.717) is 41.9 Å². The third-order valence-electron chi connectivity index (χ3n) is 8.79. The van der Waals surface area contributed by atoms with Crippen LogP contribution in [0.1, 0.15) is 56.3 Å². The molecule has 0 spiro atoms. The maximum Gasteiger partial charge on any atom is 0.306 e. The second-order valence-electron chi connectivity index (χ2n) is 10.8. The smallest absolute Gasteiger partial charge is 0.306 e. The highest BCUT2D eigenvalue weighted by molar-refractivity contribution is 5.95. The van der Waals surface area contributed by atoms with E-state index in [1.54, 1.807) is 12.1 Å². The molecule has 37 heavy (non-hydrogen) atoms. The molecule has 1 heterocycles. The molecule has 2 saturated carbocycles. The van der Waals surface area contributed by atoms with E-state index >= 15 is 0 Å². The van der Waals surface area contributed by atoms with Crippen LogP contribution in [0.5, 0.6) is 0 Å². The number of aliphatic hydroxyl groups is 1. The number of amides is 1. The lowest BCUT2D eigenvalue weighted by atomic mass is 9.81. The molecule has 2 aromatic rings. The van der Waals surface area contributed by atoms with E-state index in [4.69, 9.17) is 15.9 Å². The Morgan fingerprint density at radius 2 is 1.70 bits per heavy atom. The first-order chi connectivity index (χ1) is 17.3. The highest BCUT2D eigenvalue weighted by Gasteiger charge is 2.45. The van der Waals surface area contributed by atoms with Crippen LogP contribution < -0.4 is 11.1 Å². The second-order valence-corrected chi connectivity index (χ2v) is 10.8. The van der Waals surface area contributed by atoms with Gasteiger partial charge in [-0.25, -0.2) is 0 Å². The summed E-state index contributed by atoms with van der Waals surface area (Å²) in [5, 5.41) is 21.3. The summed E-state index contributed by atoms with van der Waals surface area (Å²) in [5.74, 6) is 1.55. The number of aliphatic hydroxyl groups excluding tert-OH is 1. The van der Waals surface area contributed by atoms with Crippen molar-refractivity contribution in [1.29, 1.82) is 5.41 Å². The summed E-state index contributed by atoms with van der Waals surface area (Å²) in [5.41, 5.74) is 8.85. The van der Waals surface area contributed by atoms with Gasteiger partial charge < -0.3 is 20.9 Å². The summed E-state index contributed by atoms with van der Waals surface area (Å²) in [6, 6.07) is 14.5. The SMILES string of the molecule is CC1C2CCC(C2)C1COC(=O)C[C@@H]1C[C@@H](C(O)c2ccc(-c3ccc(C(=N)N)cc3)cc2)NC1=O.Cl. The molecule has 3 fully saturated rings. The second kappa shape index (κ2) is 11.2. The number of nitrogens with two attached hydrogens (primary N) is 1. The third-order valence-corrected chi connectivity index (χ3v) is 8.79. The van der Waals surface area contributed by atoms with E-state index in [-0.39, 0.29) is 36.5 Å². The first-order valence-electron chi connectivity index (χ1n) is 13.0. The Hall–Kier alpha value is -2.90. The zero-order valence-corrected chi connectivity index (χ0v) is 21.9. The molecule has 1 saturated heterocycles. The minimum absolute atomic E-state index is 0. The summed E-state index contributed by atoms with van der Waals surface area (Å²) < 4.78 is 5.62. The minimum atomic E-state index is -0.862. The largest absolute Gasteiger partial charge is 0.465 e. The number of benzene rings is 2. The van der Waals surface area contributed by atoms with Crippen LogP contribution in [0, 0.1) is 35.0 Å². The van der Waals surface area contributed by atoms with E-state index in [1.807, 2.05) is 36.4 Å². The van der Waals surface area contributed by atoms with Gasteiger partial charge in [0.2, 0.25) is 5.91 Å². The highest BCUT2D eigenvalue weighted by Crippen LogP contribution is 2.52. The number of halogens is 1. The molecule has 1 amide bonds. The van der Waals surface area contributed by atoms with Crippen molar-refractivity contribution in [1.82, 2.24) is 5.32 Å². The van der Waals surface area contributed by atoms with Gasteiger partial charge in [0, 0.05) is 5.56 Å². The number of carbonyl (C=O) groups excluding carboxylic acids is 2. The Bertz CT molecular complexity index is 1130. The highest BCUT2D eigenvalue weighted by atomic mass is 35.5. The lowest BCUT2D eigenvalue weighted by molar-refractivity contribution is -0.148. The average molecular weight is 526 g/mol. The van der Waals surface area contributed by atoms with E-state index in [1.165, 1.54) is 19.3 Å². The Balaban J connectivity index is 0.00000320. The van der Waals surface area contributed by atoms with Crippen LogP contribution in [0.15, 0.2) is 48.5 Å². The topological polar surface area (TPSA) is 126 Å². The molecule has 7 atom stereocenters. The van der Waals surface area contributed by atoms with Gasteiger partial charge in [0.05, 0.1) is 31.1 Å². The van der Waals surface area contributed by atoms with Crippen molar-refractivity contribution in [2.75, 3.05) is 6.61 Å². The summed E-state index contributed by atoms with van der Waals surface area (Å²) >= 11 is 0. The fourth-order valence-electron chi connectivity index (χ4n) is 6.54. The molecule has 7 nitrogen and oxygen atoms in total. The van der Waals surface area contributed by atoms with E-state index < -0.39 is 18.1 Å². The van der Waals surface area contributed by atoms with Gasteiger partial charge in [0.1, 0.15) is 5.84 Å². The summed E-state index contributed by atoms with van der Waals surface area (Å²) in [6.45, 7) is 2.74. The molecule has 8 heteroatoms. The molecule has 5 unspecified atom stereocenters. The maximum absolute atomic E-state index is 12.5. The Kier molecular flexibility index (Phi) is 8.24. The number of carbonyl (C=O) groups is 2. The van der Waals surface area contributed by atoms with Crippen LogP contribution in [0.4, 0.5) is 0 Å². The minimum Gasteiger partial charge on any atom is -0.465 e. The van der Waals surface area contributed by atoms with Crippen molar-refractivity contribution in [3.8, 4) is 11.1 Å². The molecular formula is C29H36ClN3O4. The zero-order valence-electron chi connectivity index (χ0n) is 21.1. The van der Waals surface area contributed by atoms with E-state index in [9.17, 15) is 14.7 Å². The van der Waals surface area contributed by atoms with Gasteiger partial charge >= 0.3 is 5.97 Å². The molecular weight excluding hydrogens is 490 g/mol. The lowest BCUT2D eigenvalue weighted by Gasteiger charge is -2.27. The lowest BCUT2D eigenvalue weighted by Crippen LogP contribution is -2.31.